The van der Waals surface area contributed by atoms with Crippen LogP contribution in [0.5, 0.6) is 0 Å². The predicted molar refractivity (Wildman–Crippen MR) is 91.7 cm³/mol. The highest BCUT2D eigenvalue weighted by molar-refractivity contribution is 6.39. The van der Waals surface area contributed by atoms with Gasteiger partial charge in [0, 0.05) is 29.9 Å². The van der Waals surface area contributed by atoms with Crippen LogP contribution in [0.3, 0.4) is 0 Å². The van der Waals surface area contributed by atoms with Crippen LogP contribution < -0.4 is 15.5 Å². The van der Waals surface area contributed by atoms with E-state index in [9.17, 15) is 14.4 Å². The number of hydrogen-bond acceptors (Lipinski definition) is 3. The zero-order valence-electron chi connectivity index (χ0n) is 14.1. The van der Waals surface area contributed by atoms with Gasteiger partial charge in [0.25, 0.3) is 0 Å². The molecule has 0 bridgehead atoms. The molecule has 128 valence electrons. The van der Waals surface area contributed by atoms with Crippen LogP contribution in [-0.4, -0.2) is 30.3 Å². The Kier molecular flexibility index (Phi) is 4.55. The maximum Gasteiger partial charge on any atom is 0.313 e. The van der Waals surface area contributed by atoms with E-state index >= 15 is 0 Å². The van der Waals surface area contributed by atoms with Crippen LogP contribution in [0.15, 0.2) is 18.2 Å². The van der Waals surface area contributed by atoms with Crippen molar-refractivity contribution in [3.63, 3.8) is 0 Å². The molecular weight excluding hydrogens is 306 g/mol. The summed E-state index contributed by atoms with van der Waals surface area (Å²) < 4.78 is 0. The first kappa shape index (κ1) is 16.5. The first-order valence-corrected chi connectivity index (χ1v) is 8.52. The van der Waals surface area contributed by atoms with Crippen molar-refractivity contribution in [3.8, 4) is 0 Å². The summed E-state index contributed by atoms with van der Waals surface area (Å²) in [6, 6.07) is 5.41. The Bertz CT molecular complexity index is 680. The quantitative estimate of drug-likeness (QED) is 0.831. The van der Waals surface area contributed by atoms with Crippen LogP contribution >= 0.6 is 0 Å². The SMILES string of the molecule is CC(C)NC(=O)C(=O)Nc1ccc2c(c1)N(C(=O)C1CC1)CCC2. The largest absolute Gasteiger partial charge is 0.346 e. The fourth-order valence-electron chi connectivity index (χ4n) is 2.95. The van der Waals surface area contributed by atoms with E-state index in [1.54, 1.807) is 26.0 Å². The molecule has 6 heteroatoms. The second-order valence-electron chi connectivity index (χ2n) is 6.79. The summed E-state index contributed by atoms with van der Waals surface area (Å²) in [4.78, 5) is 38.0. The molecule has 2 aliphatic rings. The van der Waals surface area contributed by atoms with Crippen LogP contribution in [0.25, 0.3) is 0 Å². The van der Waals surface area contributed by atoms with Gasteiger partial charge in [-0.1, -0.05) is 6.07 Å². The van der Waals surface area contributed by atoms with Gasteiger partial charge in [-0.25, -0.2) is 0 Å². The Morgan fingerprint density at radius 2 is 1.92 bits per heavy atom. The van der Waals surface area contributed by atoms with E-state index in [-0.39, 0.29) is 17.9 Å². The number of nitrogens with zero attached hydrogens (tertiary/aromatic N) is 1. The summed E-state index contributed by atoms with van der Waals surface area (Å²) in [5, 5.41) is 5.17. The summed E-state index contributed by atoms with van der Waals surface area (Å²) in [7, 11) is 0. The molecule has 3 amide bonds. The average molecular weight is 329 g/mol. The number of carbonyl (C=O) groups excluding carboxylic acids is 3. The van der Waals surface area contributed by atoms with Gasteiger partial charge in [0.2, 0.25) is 5.91 Å². The Hall–Kier alpha value is -2.37. The van der Waals surface area contributed by atoms with Gasteiger partial charge in [-0.2, -0.15) is 0 Å². The lowest BCUT2D eigenvalue weighted by molar-refractivity contribution is -0.136. The third kappa shape index (κ3) is 3.58. The first-order valence-electron chi connectivity index (χ1n) is 8.52. The molecule has 0 saturated heterocycles. The molecule has 1 aliphatic carbocycles. The van der Waals surface area contributed by atoms with E-state index in [2.05, 4.69) is 10.6 Å². The molecule has 1 aromatic rings. The Balaban J connectivity index is 1.76. The third-order valence-corrected chi connectivity index (χ3v) is 4.28. The summed E-state index contributed by atoms with van der Waals surface area (Å²) in [6.07, 6.45) is 3.81. The molecule has 0 radical (unpaired) electrons. The second-order valence-corrected chi connectivity index (χ2v) is 6.79. The van der Waals surface area contributed by atoms with Crippen molar-refractivity contribution < 1.29 is 14.4 Å². The van der Waals surface area contributed by atoms with Gasteiger partial charge in [0.05, 0.1) is 0 Å². The fourth-order valence-corrected chi connectivity index (χ4v) is 2.95. The minimum absolute atomic E-state index is 0.0987. The molecule has 2 N–H and O–H groups in total. The van der Waals surface area contributed by atoms with E-state index < -0.39 is 11.8 Å². The number of aryl methyl sites for hydroxylation is 1. The molecule has 0 atom stereocenters. The van der Waals surface area contributed by atoms with Gasteiger partial charge < -0.3 is 15.5 Å². The molecule has 1 aromatic carbocycles. The second kappa shape index (κ2) is 6.63. The van der Waals surface area contributed by atoms with E-state index in [1.165, 1.54) is 0 Å². The van der Waals surface area contributed by atoms with E-state index in [1.807, 2.05) is 11.0 Å². The van der Waals surface area contributed by atoms with Gasteiger partial charge in [0.1, 0.15) is 0 Å². The highest BCUT2D eigenvalue weighted by Crippen LogP contribution is 2.36. The molecule has 24 heavy (non-hydrogen) atoms. The van der Waals surface area contributed by atoms with Crippen molar-refractivity contribution in [1.82, 2.24) is 5.32 Å². The number of hydrogen-bond donors (Lipinski definition) is 2. The van der Waals surface area contributed by atoms with Crippen LogP contribution in [0.1, 0.15) is 38.7 Å². The van der Waals surface area contributed by atoms with Crippen molar-refractivity contribution in [3.05, 3.63) is 23.8 Å². The number of nitrogens with one attached hydrogen (secondary N) is 2. The molecule has 0 aromatic heterocycles. The summed E-state index contributed by atoms with van der Waals surface area (Å²) in [6.45, 7) is 4.31. The standard InChI is InChI=1S/C18H23N3O3/c1-11(2)19-16(22)17(23)20-14-8-7-12-4-3-9-21(15(12)10-14)18(24)13-5-6-13/h7-8,10-11,13H,3-6,9H2,1-2H3,(H,19,22)(H,20,23). The molecule has 0 unspecified atom stereocenters. The molecule has 1 fully saturated rings. The van der Waals surface area contributed by atoms with Gasteiger partial charge >= 0.3 is 11.8 Å². The molecule has 3 rings (SSSR count). The minimum atomic E-state index is -0.695. The number of benzene rings is 1. The summed E-state index contributed by atoms with van der Waals surface area (Å²) in [5.74, 6) is -1.02. The van der Waals surface area contributed by atoms with Crippen molar-refractivity contribution >= 4 is 29.1 Å². The molecule has 0 spiro atoms. The number of rotatable bonds is 3. The number of fused-ring (bicyclic) bond motifs is 1. The summed E-state index contributed by atoms with van der Waals surface area (Å²) >= 11 is 0. The van der Waals surface area contributed by atoms with Gasteiger partial charge in [0.15, 0.2) is 0 Å². The van der Waals surface area contributed by atoms with Crippen molar-refractivity contribution in [1.29, 1.82) is 0 Å². The van der Waals surface area contributed by atoms with Crippen molar-refractivity contribution in [2.24, 2.45) is 5.92 Å². The molecule has 1 heterocycles. The van der Waals surface area contributed by atoms with Crippen LogP contribution in [0.2, 0.25) is 0 Å². The van der Waals surface area contributed by atoms with Gasteiger partial charge in [-0.05, 0) is 57.2 Å². The van der Waals surface area contributed by atoms with E-state index in [4.69, 9.17) is 0 Å². The minimum Gasteiger partial charge on any atom is -0.346 e. The average Bonchev–Trinajstić information content (AvgIpc) is 3.37. The number of anilines is 2. The van der Waals surface area contributed by atoms with E-state index in [0.717, 1.165) is 36.9 Å². The number of amides is 3. The zero-order valence-corrected chi connectivity index (χ0v) is 14.1. The fraction of sp³-hybridized carbons (Fsp3) is 0.500. The zero-order chi connectivity index (χ0) is 17.3. The highest BCUT2D eigenvalue weighted by atomic mass is 16.2. The van der Waals surface area contributed by atoms with Crippen molar-refractivity contribution in [2.45, 2.75) is 45.6 Å². The Morgan fingerprint density at radius 3 is 2.58 bits per heavy atom. The van der Waals surface area contributed by atoms with Gasteiger partial charge in [-0.3, -0.25) is 14.4 Å². The lowest BCUT2D eigenvalue weighted by atomic mass is 10.0. The molecule has 1 aliphatic heterocycles. The van der Waals surface area contributed by atoms with Crippen molar-refractivity contribution in [2.75, 3.05) is 16.8 Å². The topological polar surface area (TPSA) is 78.5 Å². The third-order valence-electron chi connectivity index (χ3n) is 4.28. The molecular formula is C18H23N3O3. The number of carbonyl (C=O) groups is 3. The van der Waals surface area contributed by atoms with Crippen LogP contribution in [0.4, 0.5) is 11.4 Å². The predicted octanol–water partition coefficient (Wildman–Crippen LogP) is 1.84. The maximum absolute atomic E-state index is 12.5. The smallest absolute Gasteiger partial charge is 0.313 e. The first-order chi connectivity index (χ1) is 11.5. The Labute approximate surface area is 141 Å². The monoisotopic (exact) mass is 329 g/mol. The summed E-state index contributed by atoms with van der Waals surface area (Å²) in [5.41, 5.74) is 2.51. The highest BCUT2D eigenvalue weighted by Gasteiger charge is 2.35. The van der Waals surface area contributed by atoms with Crippen LogP contribution in [-0.2, 0) is 20.8 Å². The van der Waals surface area contributed by atoms with Gasteiger partial charge in [-0.15, -0.1) is 0 Å². The maximum atomic E-state index is 12.5. The van der Waals surface area contributed by atoms with Crippen LogP contribution in [0, 0.1) is 5.92 Å². The molecule has 6 nitrogen and oxygen atoms in total. The lowest BCUT2D eigenvalue weighted by Gasteiger charge is -2.30. The molecule has 1 saturated carbocycles. The lowest BCUT2D eigenvalue weighted by Crippen LogP contribution is -2.39. The normalized spacial score (nSPS) is 16.5. The Morgan fingerprint density at radius 1 is 1.17 bits per heavy atom. The van der Waals surface area contributed by atoms with E-state index in [0.29, 0.717) is 12.2 Å².